The van der Waals surface area contributed by atoms with Gasteiger partial charge in [0.1, 0.15) is 5.82 Å². The van der Waals surface area contributed by atoms with Crippen LogP contribution in [-0.2, 0) is 0 Å². The van der Waals surface area contributed by atoms with Crippen molar-refractivity contribution in [2.24, 2.45) is 5.92 Å². The van der Waals surface area contributed by atoms with Crippen LogP contribution < -0.4 is 15.5 Å². The normalized spacial score (nSPS) is 18.3. The fraction of sp³-hybridized carbons (Fsp3) is 0.571. The van der Waals surface area contributed by atoms with E-state index in [0.717, 1.165) is 31.9 Å². The molecule has 2 heterocycles. The van der Waals surface area contributed by atoms with Gasteiger partial charge in [0, 0.05) is 26.8 Å². The van der Waals surface area contributed by atoms with E-state index in [2.05, 4.69) is 15.6 Å². The number of hydrogen-bond donors (Lipinski definition) is 2. The number of nitrogens with one attached hydrogen (secondary N) is 2. The quantitative estimate of drug-likeness (QED) is 0.827. The molecule has 104 valence electrons. The maximum atomic E-state index is 11.9. The van der Waals surface area contributed by atoms with E-state index in [1.54, 1.807) is 6.20 Å². The third-order valence-corrected chi connectivity index (χ3v) is 3.47. The maximum Gasteiger partial charge on any atom is 0.252 e. The molecule has 1 aromatic rings. The van der Waals surface area contributed by atoms with Gasteiger partial charge in [-0.15, -0.1) is 0 Å². The van der Waals surface area contributed by atoms with Gasteiger partial charge < -0.3 is 15.5 Å². The van der Waals surface area contributed by atoms with Gasteiger partial charge in [-0.05, 0) is 44.0 Å². The Hall–Kier alpha value is -1.62. The minimum Gasteiger partial charge on any atom is -0.363 e. The van der Waals surface area contributed by atoms with Crippen molar-refractivity contribution in [3.8, 4) is 0 Å². The third kappa shape index (κ3) is 3.92. The summed E-state index contributed by atoms with van der Waals surface area (Å²) in [5.41, 5.74) is 0.621. The number of anilines is 1. The highest BCUT2D eigenvalue weighted by atomic mass is 16.1. The van der Waals surface area contributed by atoms with Gasteiger partial charge in [0.25, 0.3) is 5.91 Å². The Morgan fingerprint density at radius 1 is 1.53 bits per heavy atom. The molecule has 0 aromatic carbocycles. The summed E-state index contributed by atoms with van der Waals surface area (Å²) in [6, 6.07) is 3.67. The average molecular weight is 262 g/mol. The van der Waals surface area contributed by atoms with Gasteiger partial charge >= 0.3 is 0 Å². The lowest BCUT2D eigenvalue weighted by molar-refractivity contribution is 0.0951. The summed E-state index contributed by atoms with van der Waals surface area (Å²) in [7, 11) is 3.86. The second kappa shape index (κ2) is 6.52. The fourth-order valence-corrected chi connectivity index (χ4v) is 2.24. The molecule has 0 bridgehead atoms. The molecule has 1 aromatic heterocycles. The highest BCUT2D eigenvalue weighted by molar-refractivity contribution is 5.94. The zero-order valence-electron chi connectivity index (χ0n) is 11.6. The van der Waals surface area contributed by atoms with Gasteiger partial charge in [0.15, 0.2) is 0 Å². The average Bonchev–Trinajstić information content (AvgIpc) is 2.92. The van der Waals surface area contributed by atoms with Crippen LogP contribution in [0.1, 0.15) is 23.2 Å². The summed E-state index contributed by atoms with van der Waals surface area (Å²) >= 11 is 0. The van der Waals surface area contributed by atoms with Crippen LogP contribution in [0, 0.1) is 5.92 Å². The molecule has 1 amide bonds. The molecular formula is C14H22N4O. The van der Waals surface area contributed by atoms with Crippen molar-refractivity contribution in [2.45, 2.75) is 12.8 Å². The first-order chi connectivity index (χ1) is 9.16. The van der Waals surface area contributed by atoms with Gasteiger partial charge in [-0.3, -0.25) is 4.79 Å². The van der Waals surface area contributed by atoms with E-state index >= 15 is 0 Å². The summed E-state index contributed by atoms with van der Waals surface area (Å²) in [5, 5.41) is 6.29. The zero-order valence-corrected chi connectivity index (χ0v) is 11.6. The molecule has 1 fully saturated rings. The van der Waals surface area contributed by atoms with E-state index in [9.17, 15) is 4.79 Å². The second-order valence-corrected chi connectivity index (χ2v) is 5.20. The minimum absolute atomic E-state index is 0.0382. The Balaban J connectivity index is 1.78. The van der Waals surface area contributed by atoms with Crippen LogP contribution >= 0.6 is 0 Å². The van der Waals surface area contributed by atoms with Crippen LogP contribution in [0.4, 0.5) is 5.82 Å². The summed E-state index contributed by atoms with van der Waals surface area (Å²) < 4.78 is 0. The SMILES string of the molecule is CN(C)c1ccc(C(=O)NCCC2CCNC2)cn1. The summed E-state index contributed by atoms with van der Waals surface area (Å²) in [4.78, 5) is 18.1. The van der Waals surface area contributed by atoms with Crippen molar-refractivity contribution in [3.05, 3.63) is 23.9 Å². The number of hydrogen-bond acceptors (Lipinski definition) is 4. The number of nitrogens with zero attached hydrogens (tertiary/aromatic N) is 2. The van der Waals surface area contributed by atoms with Crippen molar-refractivity contribution >= 4 is 11.7 Å². The molecule has 0 aliphatic carbocycles. The van der Waals surface area contributed by atoms with Crippen molar-refractivity contribution in [3.63, 3.8) is 0 Å². The Bertz CT molecular complexity index is 410. The van der Waals surface area contributed by atoms with E-state index in [-0.39, 0.29) is 5.91 Å². The van der Waals surface area contributed by atoms with Crippen molar-refractivity contribution < 1.29 is 4.79 Å². The molecule has 2 N–H and O–H groups in total. The van der Waals surface area contributed by atoms with Gasteiger partial charge in [-0.25, -0.2) is 4.98 Å². The fourth-order valence-electron chi connectivity index (χ4n) is 2.24. The molecule has 1 atom stereocenters. The molecule has 19 heavy (non-hydrogen) atoms. The van der Waals surface area contributed by atoms with Crippen molar-refractivity contribution in [1.82, 2.24) is 15.6 Å². The van der Waals surface area contributed by atoms with Gasteiger partial charge in [0.2, 0.25) is 0 Å². The first kappa shape index (κ1) is 13.8. The summed E-state index contributed by atoms with van der Waals surface area (Å²) in [6.07, 6.45) is 3.89. The topological polar surface area (TPSA) is 57.3 Å². The van der Waals surface area contributed by atoms with Crippen LogP contribution in [0.3, 0.4) is 0 Å². The molecule has 1 saturated heterocycles. The van der Waals surface area contributed by atoms with Crippen molar-refractivity contribution in [2.75, 3.05) is 38.6 Å². The Morgan fingerprint density at radius 3 is 2.95 bits per heavy atom. The molecule has 2 rings (SSSR count). The monoisotopic (exact) mass is 262 g/mol. The number of rotatable bonds is 5. The van der Waals surface area contributed by atoms with Gasteiger partial charge in [-0.2, -0.15) is 0 Å². The number of aromatic nitrogens is 1. The van der Waals surface area contributed by atoms with E-state index in [1.807, 2.05) is 31.1 Å². The molecule has 1 aliphatic rings. The Labute approximate surface area is 114 Å². The predicted molar refractivity (Wildman–Crippen MR) is 76.5 cm³/mol. The molecule has 5 nitrogen and oxygen atoms in total. The minimum atomic E-state index is -0.0382. The van der Waals surface area contributed by atoms with Crippen LogP contribution in [0.5, 0.6) is 0 Å². The number of carbonyl (C=O) groups is 1. The van der Waals surface area contributed by atoms with E-state index in [4.69, 9.17) is 0 Å². The van der Waals surface area contributed by atoms with E-state index in [0.29, 0.717) is 11.5 Å². The number of carbonyl (C=O) groups excluding carboxylic acids is 1. The molecular weight excluding hydrogens is 240 g/mol. The number of pyridine rings is 1. The second-order valence-electron chi connectivity index (χ2n) is 5.20. The Kier molecular flexibility index (Phi) is 4.74. The summed E-state index contributed by atoms with van der Waals surface area (Å²) in [6.45, 7) is 2.92. The van der Waals surface area contributed by atoms with Crippen molar-refractivity contribution in [1.29, 1.82) is 0 Å². The molecule has 0 spiro atoms. The first-order valence-electron chi connectivity index (χ1n) is 6.79. The zero-order chi connectivity index (χ0) is 13.7. The lowest BCUT2D eigenvalue weighted by atomic mass is 10.1. The van der Waals surface area contributed by atoms with Gasteiger partial charge in [0.05, 0.1) is 5.56 Å². The highest BCUT2D eigenvalue weighted by Gasteiger charge is 2.14. The van der Waals surface area contributed by atoms with Crippen LogP contribution in [0.15, 0.2) is 18.3 Å². The lowest BCUT2D eigenvalue weighted by Gasteiger charge is -2.12. The first-order valence-corrected chi connectivity index (χ1v) is 6.79. The lowest BCUT2D eigenvalue weighted by Crippen LogP contribution is -2.26. The standard InChI is InChI=1S/C14H22N4O/c1-18(2)13-4-3-12(10-17-13)14(19)16-8-6-11-5-7-15-9-11/h3-4,10-11,15H,5-9H2,1-2H3,(H,16,19). The van der Waals surface area contributed by atoms with Gasteiger partial charge in [-0.1, -0.05) is 0 Å². The van der Waals surface area contributed by atoms with Crippen LogP contribution in [-0.4, -0.2) is 44.6 Å². The molecule has 1 unspecified atom stereocenters. The molecule has 1 aliphatic heterocycles. The maximum absolute atomic E-state index is 11.9. The van der Waals surface area contributed by atoms with Crippen LogP contribution in [0.25, 0.3) is 0 Å². The Morgan fingerprint density at radius 2 is 2.37 bits per heavy atom. The smallest absolute Gasteiger partial charge is 0.252 e. The van der Waals surface area contributed by atoms with E-state index < -0.39 is 0 Å². The summed E-state index contributed by atoms with van der Waals surface area (Å²) in [5.74, 6) is 1.52. The third-order valence-electron chi connectivity index (χ3n) is 3.47. The largest absolute Gasteiger partial charge is 0.363 e. The van der Waals surface area contributed by atoms with Crippen LogP contribution in [0.2, 0.25) is 0 Å². The molecule has 0 radical (unpaired) electrons. The molecule has 0 saturated carbocycles. The number of amides is 1. The highest BCUT2D eigenvalue weighted by Crippen LogP contribution is 2.11. The predicted octanol–water partition coefficient (Wildman–Crippen LogP) is 0.877. The van der Waals surface area contributed by atoms with E-state index in [1.165, 1.54) is 6.42 Å². The molecule has 5 heteroatoms.